The smallest absolute Gasteiger partial charge is 0.131 e. The zero-order valence-corrected chi connectivity index (χ0v) is 13.7. The van der Waals surface area contributed by atoms with Crippen LogP contribution in [0.5, 0.6) is 0 Å². The number of aryl methyl sites for hydroxylation is 1. The molecular weight excluding hydrogens is 258 g/mol. The van der Waals surface area contributed by atoms with E-state index in [1.165, 1.54) is 49.8 Å². The molecule has 1 fully saturated rings. The average Bonchev–Trinajstić information content (AvgIpc) is 2.53. The lowest BCUT2D eigenvalue weighted by molar-refractivity contribution is 0.254. The largest absolute Gasteiger partial charge is 0.313 e. The molecule has 3 rings (SSSR count). The quantitative estimate of drug-likeness (QED) is 0.913. The Bertz CT molecular complexity index is 475. The van der Waals surface area contributed by atoms with E-state index in [1.54, 1.807) is 0 Å². The van der Waals surface area contributed by atoms with Crippen LogP contribution in [0, 0.1) is 11.8 Å². The predicted octanol–water partition coefficient (Wildman–Crippen LogP) is 4.00. The highest BCUT2D eigenvalue weighted by atomic mass is 14.9. The van der Waals surface area contributed by atoms with E-state index in [1.807, 2.05) is 7.05 Å². The van der Waals surface area contributed by atoms with E-state index in [0.29, 0.717) is 12.0 Å². The second-order valence-corrected chi connectivity index (χ2v) is 7.22. The summed E-state index contributed by atoms with van der Waals surface area (Å²) in [7, 11) is 2.04. The summed E-state index contributed by atoms with van der Waals surface area (Å²) in [6, 6.07) is 0.458. The number of rotatable bonds is 3. The molecule has 1 unspecified atom stereocenters. The Hall–Kier alpha value is -0.960. The van der Waals surface area contributed by atoms with Gasteiger partial charge in [0.15, 0.2) is 0 Å². The Morgan fingerprint density at radius 1 is 1.14 bits per heavy atom. The van der Waals surface area contributed by atoms with Crippen molar-refractivity contribution in [1.29, 1.82) is 0 Å². The molecule has 0 aromatic carbocycles. The van der Waals surface area contributed by atoms with E-state index >= 15 is 0 Å². The summed E-state index contributed by atoms with van der Waals surface area (Å²) < 4.78 is 0. The molecule has 3 heteroatoms. The van der Waals surface area contributed by atoms with Crippen LogP contribution in [0.4, 0.5) is 0 Å². The second-order valence-electron chi connectivity index (χ2n) is 7.22. The molecule has 0 aliphatic heterocycles. The van der Waals surface area contributed by atoms with E-state index in [4.69, 9.17) is 9.97 Å². The van der Waals surface area contributed by atoms with Crippen molar-refractivity contribution in [2.24, 2.45) is 11.8 Å². The molecular formula is C18H29N3. The van der Waals surface area contributed by atoms with Crippen LogP contribution in [0.3, 0.4) is 0 Å². The second kappa shape index (κ2) is 6.43. The van der Waals surface area contributed by atoms with Gasteiger partial charge in [0.25, 0.3) is 0 Å². The van der Waals surface area contributed by atoms with Gasteiger partial charge in [-0.2, -0.15) is 0 Å². The molecule has 2 aliphatic carbocycles. The van der Waals surface area contributed by atoms with Gasteiger partial charge in [0.2, 0.25) is 0 Å². The van der Waals surface area contributed by atoms with Crippen LogP contribution >= 0.6 is 0 Å². The van der Waals surface area contributed by atoms with Gasteiger partial charge in [0, 0.05) is 29.4 Å². The summed E-state index contributed by atoms with van der Waals surface area (Å²) in [6.45, 7) is 4.72. The number of nitrogens with zero attached hydrogens (tertiary/aromatic N) is 2. The molecule has 116 valence electrons. The number of nitrogens with one attached hydrogen (secondary N) is 1. The van der Waals surface area contributed by atoms with Crippen LogP contribution in [0.15, 0.2) is 6.20 Å². The van der Waals surface area contributed by atoms with E-state index in [-0.39, 0.29) is 0 Å². The minimum Gasteiger partial charge on any atom is -0.313 e. The molecule has 1 aromatic rings. The minimum absolute atomic E-state index is 0.458. The van der Waals surface area contributed by atoms with Crippen molar-refractivity contribution in [3.05, 3.63) is 23.3 Å². The lowest BCUT2D eigenvalue weighted by atomic mass is 9.76. The molecule has 0 saturated heterocycles. The van der Waals surface area contributed by atoms with Gasteiger partial charge < -0.3 is 5.32 Å². The molecule has 1 atom stereocenters. The SMILES string of the molecule is CNC1CCCc2nc(C3CCC(C(C)C)CC3)ncc21. The van der Waals surface area contributed by atoms with Crippen molar-refractivity contribution in [1.82, 2.24) is 15.3 Å². The molecule has 0 amide bonds. The average molecular weight is 287 g/mol. The van der Waals surface area contributed by atoms with Crippen molar-refractivity contribution in [2.45, 2.75) is 70.8 Å². The van der Waals surface area contributed by atoms with Crippen molar-refractivity contribution < 1.29 is 0 Å². The highest BCUT2D eigenvalue weighted by Crippen LogP contribution is 2.38. The first-order valence-electron chi connectivity index (χ1n) is 8.72. The summed E-state index contributed by atoms with van der Waals surface area (Å²) in [5.74, 6) is 3.45. The molecule has 3 nitrogen and oxygen atoms in total. The molecule has 1 heterocycles. The van der Waals surface area contributed by atoms with Crippen LogP contribution in [0.25, 0.3) is 0 Å². The van der Waals surface area contributed by atoms with Gasteiger partial charge in [0.1, 0.15) is 5.82 Å². The van der Waals surface area contributed by atoms with Gasteiger partial charge in [-0.1, -0.05) is 13.8 Å². The van der Waals surface area contributed by atoms with Gasteiger partial charge >= 0.3 is 0 Å². The maximum absolute atomic E-state index is 4.95. The maximum atomic E-state index is 4.95. The van der Waals surface area contributed by atoms with E-state index < -0.39 is 0 Å². The standard InChI is InChI=1S/C18H29N3/c1-12(2)13-7-9-14(10-8-13)18-20-11-15-16(19-3)5-4-6-17(15)21-18/h11-14,16,19H,4-10H2,1-3H3. The predicted molar refractivity (Wildman–Crippen MR) is 86.3 cm³/mol. The third-order valence-corrected chi connectivity index (χ3v) is 5.63. The normalized spacial score (nSPS) is 29.4. The first-order valence-corrected chi connectivity index (χ1v) is 8.72. The van der Waals surface area contributed by atoms with Gasteiger partial charge in [0.05, 0.1) is 0 Å². The van der Waals surface area contributed by atoms with Crippen molar-refractivity contribution >= 4 is 0 Å². The molecule has 2 aliphatic rings. The van der Waals surface area contributed by atoms with Crippen molar-refractivity contribution in [3.63, 3.8) is 0 Å². The highest BCUT2D eigenvalue weighted by Gasteiger charge is 2.27. The Morgan fingerprint density at radius 2 is 1.90 bits per heavy atom. The molecule has 1 saturated carbocycles. The molecule has 21 heavy (non-hydrogen) atoms. The molecule has 0 radical (unpaired) electrons. The minimum atomic E-state index is 0.458. The highest BCUT2D eigenvalue weighted by molar-refractivity contribution is 5.25. The number of aromatic nitrogens is 2. The number of hydrogen-bond donors (Lipinski definition) is 1. The Morgan fingerprint density at radius 3 is 2.57 bits per heavy atom. The van der Waals surface area contributed by atoms with Crippen LogP contribution in [0.1, 0.15) is 81.4 Å². The maximum Gasteiger partial charge on any atom is 0.131 e. The summed E-state index contributed by atoms with van der Waals surface area (Å²) in [4.78, 5) is 9.69. The first kappa shape index (κ1) is 15.0. The van der Waals surface area contributed by atoms with Crippen molar-refractivity contribution in [3.8, 4) is 0 Å². The number of fused-ring (bicyclic) bond motifs is 1. The van der Waals surface area contributed by atoms with E-state index in [0.717, 1.165) is 24.1 Å². The third-order valence-electron chi connectivity index (χ3n) is 5.63. The fraction of sp³-hybridized carbons (Fsp3) is 0.778. The third kappa shape index (κ3) is 3.13. The molecule has 1 N–H and O–H groups in total. The summed E-state index contributed by atoms with van der Waals surface area (Å²) in [5.41, 5.74) is 2.64. The zero-order chi connectivity index (χ0) is 14.8. The Balaban J connectivity index is 1.73. The van der Waals surface area contributed by atoms with E-state index in [2.05, 4.69) is 25.4 Å². The Labute approximate surface area is 129 Å². The molecule has 0 spiro atoms. The summed E-state index contributed by atoms with van der Waals surface area (Å²) in [6.07, 6.45) is 10.9. The molecule has 1 aromatic heterocycles. The van der Waals surface area contributed by atoms with E-state index in [9.17, 15) is 0 Å². The lowest BCUT2D eigenvalue weighted by Crippen LogP contribution is -2.24. The van der Waals surface area contributed by atoms with Crippen LogP contribution in [0.2, 0.25) is 0 Å². The topological polar surface area (TPSA) is 37.8 Å². The van der Waals surface area contributed by atoms with Crippen LogP contribution in [-0.2, 0) is 6.42 Å². The lowest BCUT2D eigenvalue weighted by Gasteiger charge is -2.31. The van der Waals surface area contributed by atoms with Crippen LogP contribution < -0.4 is 5.32 Å². The van der Waals surface area contributed by atoms with Gasteiger partial charge in [-0.05, 0) is 63.8 Å². The monoisotopic (exact) mass is 287 g/mol. The fourth-order valence-corrected chi connectivity index (χ4v) is 4.10. The molecule has 0 bridgehead atoms. The zero-order valence-electron chi connectivity index (χ0n) is 13.7. The number of hydrogen-bond acceptors (Lipinski definition) is 3. The first-order chi connectivity index (χ1) is 10.2. The Kier molecular flexibility index (Phi) is 4.58. The van der Waals surface area contributed by atoms with Crippen molar-refractivity contribution in [2.75, 3.05) is 7.05 Å². The summed E-state index contributed by atoms with van der Waals surface area (Å²) >= 11 is 0. The summed E-state index contributed by atoms with van der Waals surface area (Å²) in [5, 5.41) is 3.40. The van der Waals surface area contributed by atoms with Crippen LogP contribution in [-0.4, -0.2) is 17.0 Å². The van der Waals surface area contributed by atoms with Gasteiger partial charge in [-0.25, -0.2) is 9.97 Å². The van der Waals surface area contributed by atoms with Gasteiger partial charge in [-0.15, -0.1) is 0 Å². The van der Waals surface area contributed by atoms with Gasteiger partial charge in [-0.3, -0.25) is 0 Å². The fourth-order valence-electron chi connectivity index (χ4n) is 4.10.